The minimum Gasteiger partial charge on any atom is -0.332 e. The van der Waals surface area contributed by atoms with Crippen LogP contribution in [0.5, 0.6) is 0 Å². The van der Waals surface area contributed by atoms with Gasteiger partial charge >= 0.3 is 6.03 Å². The highest BCUT2D eigenvalue weighted by Crippen LogP contribution is 2.42. The molecule has 1 saturated carbocycles. The van der Waals surface area contributed by atoms with Crippen molar-refractivity contribution in [2.24, 2.45) is 5.92 Å². The zero-order chi connectivity index (χ0) is 18.2. The fraction of sp³-hybridized carbons (Fsp3) is 0.500. The summed E-state index contributed by atoms with van der Waals surface area (Å²) in [6.07, 6.45) is 2.16. The topological polar surface area (TPSA) is 50.2 Å². The molecular weight excluding hydrogens is 312 g/mol. The van der Waals surface area contributed by atoms with E-state index in [1.165, 1.54) is 0 Å². The highest BCUT2D eigenvalue weighted by molar-refractivity contribution is 5.75. The molecule has 0 unspecified atom stereocenters. The molecule has 134 valence electrons. The van der Waals surface area contributed by atoms with Crippen molar-refractivity contribution < 1.29 is 4.79 Å². The Balaban J connectivity index is 1.69. The van der Waals surface area contributed by atoms with Gasteiger partial charge in [-0.2, -0.15) is 5.10 Å². The van der Waals surface area contributed by atoms with Gasteiger partial charge in [-0.25, -0.2) is 9.48 Å². The maximum Gasteiger partial charge on any atom is 0.317 e. The van der Waals surface area contributed by atoms with Gasteiger partial charge in [-0.05, 0) is 56.4 Å². The summed E-state index contributed by atoms with van der Waals surface area (Å²) >= 11 is 0. The standard InChI is InChI=1S/C20H28N4O/c1-14(2)20(9-10-20)21-19(25)23(5)13-17-7-6-8-18(12-17)24-16(4)11-15(3)22-24/h6-8,11-12,14H,9-10,13H2,1-5H3,(H,21,25). The fourth-order valence-corrected chi connectivity index (χ4v) is 3.31. The van der Waals surface area contributed by atoms with Crippen molar-refractivity contribution in [2.45, 2.75) is 52.6 Å². The zero-order valence-corrected chi connectivity index (χ0v) is 15.8. The van der Waals surface area contributed by atoms with Crippen molar-refractivity contribution in [3.05, 3.63) is 47.3 Å². The lowest BCUT2D eigenvalue weighted by molar-refractivity contribution is 0.196. The van der Waals surface area contributed by atoms with E-state index in [0.29, 0.717) is 12.5 Å². The summed E-state index contributed by atoms with van der Waals surface area (Å²) in [5.41, 5.74) is 4.24. The van der Waals surface area contributed by atoms with Crippen LogP contribution in [0.25, 0.3) is 5.69 Å². The smallest absolute Gasteiger partial charge is 0.317 e. The van der Waals surface area contributed by atoms with Crippen molar-refractivity contribution in [3.63, 3.8) is 0 Å². The Morgan fingerprint density at radius 2 is 2.04 bits per heavy atom. The number of nitrogens with one attached hydrogen (secondary N) is 1. The van der Waals surface area contributed by atoms with Gasteiger partial charge in [0.2, 0.25) is 0 Å². The molecular formula is C20H28N4O. The Bertz CT molecular complexity index is 774. The van der Waals surface area contributed by atoms with Crippen molar-refractivity contribution in [2.75, 3.05) is 7.05 Å². The first-order valence-corrected chi connectivity index (χ1v) is 8.96. The van der Waals surface area contributed by atoms with Gasteiger partial charge in [0.25, 0.3) is 0 Å². The second kappa shape index (κ2) is 6.54. The van der Waals surface area contributed by atoms with Crippen LogP contribution in [0, 0.1) is 19.8 Å². The molecule has 1 aromatic heterocycles. The van der Waals surface area contributed by atoms with Crippen LogP contribution >= 0.6 is 0 Å². The molecule has 0 atom stereocenters. The average molecular weight is 340 g/mol. The second-order valence-electron chi connectivity index (χ2n) is 7.61. The molecule has 2 amide bonds. The first-order chi connectivity index (χ1) is 11.8. The first kappa shape index (κ1) is 17.5. The normalized spacial score (nSPS) is 15.3. The number of benzene rings is 1. The molecule has 1 aliphatic rings. The Labute approximate surface area is 150 Å². The van der Waals surface area contributed by atoms with Gasteiger partial charge in [0.05, 0.1) is 11.4 Å². The van der Waals surface area contributed by atoms with Crippen LogP contribution in [-0.4, -0.2) is 33.3 Å². The van der Waals surface area contributed by atoms with Crippen LogP contribution in [0.15, 0.2) is 30.3 Å². The van der Waals surface area contributed by atoms with E-state index in [1.807, 2.05) is 43.8 Å². The van der Waals surface area contributed by atoms with Gasteiger partial charge in [0, 0.05) is 24.8 Å². The molecule has 0 aliphatic heterocycles. The predicted molar refractivity (Wildman–Crippen MR) is 99.8 cm³/mol. The third-order valence-corrected chi connectivity index (χ3v) is 5.18. The Hall–Kier alpha value is -2.30. The van der Waals surface area contributed by atoms with E-state index in [1.54, 1.807) is 4.90 Å². The number of nitrogens with zero attached hydrogens (tertiary/aromatic N) is 3. The Kier molecular flexibility index (Phi) is 4.58. The largest absolute Gasteiger partial charge is 0.332 e. The lowest BCUT2D eigenvalue weighted by atomic mass is 10.0. The van der Waals surface area contributed by atoms with E-state index in [-0.39, 0.29) is 11.6 Å². The molecule has 1 aliphatic carbocycles. The van der Waals surface area contributed by atoms with E-state index in [0.717, 1.165) is 35.5 Å². The van der Waals surface area contributed by atoms with Crippen LogP contribution < -0.4 is 5.32 Å². The highest BCUT2D eigenvalue weighted by atomic mass is 16.2. The number of urea groups is 1. The molecule has 0 spiro atoms. The molecule has 1 aromatic carbocycles. The number of amides is 2. The maximum absolute atomic E-state index is 12.5. The Morgan fingerprint density at radius 3 is 2.60 bits per heavy atom. The molecule has 1 fully saturated rings. The molecule has 0 radical (unpaired) electrons. The molecule has 0 saturated heterocycles. The van der Waals surface area contributed by atoms with Gasteiger partial charge in [0.15, 0.2) is 0 Å². The van der Waals surface area contributed by atoms with Gasteiger partial charge in [0.1, 0.15) is 0 Å². The zero-order valence-electron chi connectivity index (χ0n) is 15.8. The fourth-order valence-electron chi connectivity index (χ4n) is 3.31. The monoisotopic (exact) mass is 340 g/mol. The quantitative estimate of drug-likeness (QED) is 0.899. The molecule has 1 heterocycles. The molecule has 5 heteroatoms. The van der Waals surface area contributed by atoms with Crippen LogP contribution in [0.4, 0.5) is 4.79 Å². The number of hydrogen-bond donors (Lipinski definition) is 1. The van der Waals surface area contributed by atoms with E-state index in [2.05, 4.69) is 36.4 Å². The summed E-state index contributed by atoms with van der Waals surface area (Å²) < 4.78 is 1.94. The van der Waals surface area contributed by atoms with Crippen LogP contribution in [0.3, 0.4) is 0 Å². The number of hydrogen-bond acceptors (Lipinski definition) is 2. The number of rotatable bonds is 5. The number of carbonyl (C=O) groups is 1. The summed E-state index contributed by atoms with van der Waals surface area (Å²) in [5.74, 6) is 0.471. The molecule has 2 aromatic rings. The molecule has 3 rings (SSSR count). The predicted octanol–water partition coefficient (Wildman–Crippen LogP) is 3.82. The average Bonchev–Trinajstić information content (AvgIpc) is 3.25. The van der Waals surface area contributed by atoms with Crippen molar-refractivity contribution in [3.8, 4) is 5.69 Å². The lowest BCUT2D eigenvalue weighted by Gasteiger charge is -2.26. The summed E-state index contributed by atoms with van der Waals surface area (Å²) in [4.78, 5) is 14.3. The number of carbonyl (C=O) groups excluding carboxylic acids is 1. The van der Waals surface area contributed by atoms with Crippen LogP contribution in [0.2, 0.25) is 0 Å². The second-order valence-corrected chi connectivity index (χ2v) is 7.61. The third kappa shape index (κ3) is 3.70. The van der Waals surface area contributed by atoms with Gasteiger partial charge < -0.3 is 10.2 Å². The van der Waals surface area contributed by atoms with Gasteiger partial charge in [-0.1, -0.05) is 26.0 Å². The maximum atomic E-state index is 12.5. The van der Waals surface area contributed by atoms with Gasteiger partial charge in [-0.15, -0.1) is 0 Å². The third-order valence-electron chi connectivity index (χ3n) is 5.18. The summed E-state index contributed by atoms with van der Waals surface area (Å²) in [6, 6.07) is 10.3. The van der Waals surface area contributed by atoms with E-state index in [4.69, 9.17) is 0 Å². The van der Waals surface area contributed by atoms with Crippen molar-refractivity contribution in [1.82, 2.24) is 20.0 Å². The summed E-state index contributed by atoms with van der Waals surface area (Å²) in [7, 11) is 1.85. The van der Waals surface area contributed by atoms with Crippen molar-refractivity contribution in [1.29, 1.82) is 0 Å². The molecule has 5 nitrogen and oxygen atoms in total. The lowest BCUT2D eigenvalue weighted by Crippen LogP contribution is -2.46. The Morgan fingerprint density at radius 1 is 1.32 bits per heavy atom. The van der Waals surface area contributed by atoms with E-state index < -0.39 is 0 Å². The minimum absolute atomic E-state index is 0.00252. The minimum atomic E-state index is 0.00252. The van der Waals surface area contributed by atoms with Gasteiger partial charge in [-0.3, -0.25) is 0 Å². The highest BCUT2D eigenvalue weighted by Gasteiger charge is 2.47. The summed E-state index contributed by atoms with van der Waals surface area (Å²) in [5, 5.41) is 7.75. The van der Waals surface area contributed by atoms with Crippen molar-refractivity contribution >= 4 is 6.03 Å². The SMILES string of the molecule is Cc1cc(C)n(-c2cccc(CN(C)C(=O)NC3(C(C)C)CC3)c2)n1. The van der Waals surface area contributed by atoms with E-state index in [9.17, 15) is 4.79 Å². The number of aromatic nitrogens is 2. The molecule has 1 N–H and O–H groups in total. The van der Waals surface area contributed by atoms with Crippen LogP contribution in [-0.2, 0) is 6.54 Å². The molecule has 0 bridgehead atoms. The molecule has 25 heavy (non-hydrogen) atoms. The van der Waals surface area contributed by atoms with Crippen LogP contribution in [0.1, 0.15) is 43.6 Å². The number of aryl methyl sites for hydroxylation is 2. The first-order valence-electron chi connectivity index (χ1n) is 8.96. The van der Waals surface area contributed by atoms with E-state index >= 15 is 0 Å². The summed E-state index contributed by atoms with van der Waals surface area (Å²) in [6.45, 7) is 8.96.